The summed E-state index contributed by atoms with van der Waals surface area (Å²) in [5.74, 6) is 0. The Balaban J connectivity index is 2.05. The summed E-state index contributed by atoms with van der Waals surface area (Å²) in [4.78, 5) is 4.22. The van der Waals surface area contributed by atoms with E-state index >= 15 is 0 Å². The van der Waals surface area contributed by atoms with Crippen molar-refractivity contribution in [1.82, 2.24) is 10.3 Å². The molecule has 1 N–H and O–H groups in total. The maximum absolute atomic E-state index is 5.70. The smallest absolute Gasteiger partial charge is 0.181 e. The highest BCUT2D eigenvalue weighted by Gasteiger charge is 2.19. The number of aromatic nitrogens is 1. The van der Waals surface area contributed by atoms with E-state index in [2.05, 4.69) is 10.3 Å². The van der Waals surface area contributed by atoms with Crippen LogP contribution in [0.4, 0.5) is 0 Å². The van der Waals surface area contributed by atoms with E-state index in [1.807, 2.05) is 18.2 Å². The third kappa shape index (κ3) is 1.52. The Bertz CT molecular complexity index is 460. The van der Waals surface area contributed by atoms with Gasteiger partial charge in [-0.2, -0.15) is 0 Å². The van der Waals surface area contributed by atoms with Gasteiger partial charge in [-0.3, -0.25) is 0 Å². The van der Waals surface area contributed by atoms with Crippen molar-refractivity contribution >= 4 is 11.1 Å². The number of fused-ring (bicyclic) bond motifs is 1. The molecular formula is C11H12N2O2. The fourth-order valence-corrected chi connectivity index (χ4v) is 1.93. The molecule has 1 aromatic heterocycles. The van der Waals surface area contributed by atoms with Crippen LogP contribution in [0, 0.1) is 0 Å². The lowest BCUT2D eigenvalue weighted by molar-refractivity contribution is 0.0285. The Hall–Kier alpha value is -1.39. The molecule has 1 aromatic carbocycles. The van der Waals surface area contributed by atoms with Gasteiger partial charge < -0.3 is 14.5 Å². The molecule has 4 nitrogen and oxygen atoms in total. The first-order chi connectivity index (χ1) is 7.45. The van der Waals surface area contributed by atoms with Crippen molar-refractivity contribution in [1.29, 1.82) is 0 Å². The number of ether oxygens (including phenoxy) is 1. The van der Waals surface area contributed by atoms with Gasteiger partial charge in [-0.25, -0.2) is 4.98 Å². The second-order valence-electron chi connectivity index (χ2n) is 3.61. The van der Waals surface area contributed by atoms with E-state index in [9.17, 15) is 0 Å². The van der Waals surface area contributed by atoms with E-state index in [1.54, 1.807) is 0 Å². The average Bonchev–Trinajstić information content (AvgIpc) is 2.78. The van der Waals surface area contributed by atoms with Gasteiger partial charge in [-0.15, -0.1) is 0 Å². The van der Waals surface area contributed by atoms with Gasteiger partial charge in [0.2, 0.25) is 0 Å². The Morgan fingerprint density at radius 3 is 3.27 bits per heavy atom. The van der Waals surface area contributed by atoms with Crippen molar-refractivity contribution in [2.24, 2.45) is 0 Å². The predicted octanol–water partition coefficient (Wildman–Crippen LogP) is 1.49. The summed E-state index contributed by atoms with van der Waals surface area (Å²) in [6.45, 7) is 2.51. The standard InChI is InChI=1S/C11H12N2O2/c1-2-8(10-6-12-4-5-14-10)11-9(3-1)15-7-13-11/h1-3,7,10,12H,4-6H2. The maximum atomic E-state index is 5.70. The quantitative estimate of drug-likeness (QED) is 0.764. The molecule has 0 bridgehead atoms. The molecule has 1 atom stereocenters. The number of oxazole rings is 1. The van der Waals surface area contributed by atoms with Crippen molar-refractivity contribution in [3.8, 4) is 0 Å². The van der Waals surface area contributed by atoms with Crippen LogP contribution in [0.15, 0.2) is 29.0 Å². The maximum Gasteiger partial charge on any atom is 0.181 e. The molecule has 1 aliphatic rings. The van der Waals surface area contributed by atoms with Crippen molar-refractivity contribution < 1.29 is 9.15 Å². The number of nitrogens with zero attached hydrogens (tertiary/aromatic N) is 1. The molecule has 0 aliphatic carbocycles. The fourth-order valence-electron chi connectivity index (χ4n) is 1.93. The van der Waals surface area contributed by atoms with Crippen molar-refractivity contribution in [3.63, 3.8) is 0 Å². The second kappa shape index (κ2) is 3.64. The Morgan fingerprint density at radius 1 is 1.40 bits per heavy atom. The first-order valence-electron chi connectivity index (χ1n) is 5.09. The highest BCUT2D eigenvalue weighted by Crippen LogP contribution is 2.26. The lowest BCUT2D eigenvalue weighted by Gasteiger charge is -2.23. The summed E-state index contributed by atoms with van der Waals surface area (Å²) in [7, 11) is 0. The number of benzene rings is 1. The molecule has 0 saturated carbocycles. The molecule has 1 fully saturated rings. The lowest BCUT2D eigenvalue weighted by atomic mass is 10.1. The summed E-state index contributed by atoms with van der Waals surface area (Å²) >= 11 is 0. The number of morpholine rings is 1. The zero-order valence-electron chi connectivity index (χ0n) is 8.27. The van der Waals surface area contributed by atoms with Crippen LogP contribution in [0.2, 0.25) is 0 Å². The molecule has 0 amide bonds. The molecule has 2 aromatic rings. The summed E-state index contributed by atoms with van der Waals surface area (Å²) in [6, 6.07) is 5.94. The predicted molar refractivity (Wildman–Crippen MR) is 55.6 cm³/mol. The van der Waals surface area contributed by atoms with Gasteiger partial charge in [0.1, 0.15) is 5.52 Å². The van der Waals surface area contributed by atoms with Crippen LogP contribution in [0.25, 0.3) is 11.1 Å². The number of para-hydroxylation sites is 1. The van der Waals surface area contributed by atoms with Gasteiger partial charge in [0.15, 0.2) is 12.0 Å². The number of hydrogen-bond acceptors (Lipinski definition) is 4. The normalized spacial score (nSPS) is 22.0. The topological polar surface area (TPSA) is 47.3 Å². The molecular weight excluding hydrogens is 192 g/mol. The molecule has 78 valence electrons. The van der Waals surface area contributed by atoms with Gasteiger partial charge >= 0.3 is 0 Å². The van der Waals surface area contributed by atoms with Crippen LogP contribution >= 0.6 is 0 Å². The molecule has 0 radical (unpaired) electrons. The second-order valence-corrected chi connectivity index (χ2v) is 3.61. The van der Waals surface area contributed by atoms with Crippen molar-refractivity contribution in [2.45, 2.75) is 6.10 Å². The van der Waals surface area contributed by atoms with Gasteiger partial charge in [0.25, 0.3) is 0 Å². The molecule has 1 aliphatic heterocycles. The molecule has 1 unspecified atom stereocenters. The zero-order chi connectivity index (χ0) is 10.1. The van der Waals surface area contributed by atoms with Crippen LogP contribution < -0.4 is 5.32 Å². The van der Waals surface area contributed by atoms with Crippen LogP contribution in [-0.2, 0) is 4.74 Å². The molecule has 15 heavy (non-hydrogen) atoms. The number of hydrogen-bond donors (Lipinski definition) is 1. The van der Waals surface area contributed by atoms with E-state index < -0.39 is 0 Å². The zero-order valence-corrected chi connectivity index (χ0v) is 8.27. The minimum absolute atomic E-state index is 0.0903. The summed E-state index contributed by atoms with van der Waals surface area (Å²) in [5.41, 5.74) is 2.83. The molecule has 1 saturated heterocycles. The first kappa shape index (κ1) is 8.88. The SMILES string of the molecule is c1cc(C2CNCCO2)c2ncoc2c1. The number of nitrogens with one attached hydrogen (secondary N) is 1. The highest BCUT2D eigenvalue weighted by molar-refractivity contribution is 5.76. The molecule has 3 rings (SSSR count). The van der Waals surface area contributed by atoms with E-state index in [1.165, 1.54) is 6.39 Å². The third-order valence-corrected chi connectivity index (χ3v) is 2.67. The van der Waals surface area contributed by atoms with Gasteiger partial charge in [0.05, 0.1) is 12.7 Å². The van der Waals surface area contributed by atoms with Crippen LogP contribution in [0.5, 0.6) is 0 Å². The minimum atomic E-state index is 0.0903. The van der Waals surface area contributed by atoms with E-state index in [0.717, 1.165) is 36.4 Å². The summed E-state index contributed by atoms with van der Waals surface area (Å²) < 4.78 is 11.0. The van der Waals surface area contributed by atoms with Gasteiger partial charge in [-0.05, 0) is 6.07 Å². The van der Waals surface area contributed by atoms with Crippen molar-refractivity contribution in [2.75, 3.05) is 19.7 Å². The van der Waals surface area contributed by atoms with Crippen LogP contribution in [0.3, 0.4) is 0 Å². The largest absolute Gasteiger partial charge is 0.443 e. The average molecular weight is 204 g/mol. The van der Waals surface area contributed by atoms with Gasteiger partial charge in [0, 0.05) is 18.7 Å². The molecule has 2 heterocycles. The van der Waals surface area contributed by atoms with Gasteiger partial charge in [-0.1, -0.05) is 12.1 Å². The summed E-state index contributed by atoms with van der Waals surface area (Å²) in [5, 5.41) is 3.31. The summed E-state index contributed by atoms with van der Waals surface area (Å²) in [6.07, 6.45) is 1.57. The Kier molecular flexibility index (Phi) is 2.16. The molecule has 4 heteroatoms. The van der Waals surface area contributed by atoms with E-state index in [-0.39, 0.29) is 6.10 Å². The van der Waals surface area contributed by atoms with Crippen molar-refractivity contribution in [3.05, 3.63) is 30.2 Å². The fraction of sp³-hybridized carbons (Fsp3) is 0.364. The highest BCUT2D eigenvalue weighted by atomic mass is 16.5. The Morgan fingerprint density at radius 2 is 2.40 bits per heavy atom. The molecule has 0 spiro atoms. The van der Waals surface area contributed by atoms with E-state index in [0.29, 0.717) is 0 Å². The monoisotopic (exact) mass is 204 g/mol. The Labute approximate surface area is 87.2 Å². The first-order valence-corrected chi connectivity index (χ1v) is 5.09. The van der Waals surface area contributed by atoms with Crippen LogP contribution in [-0.4, -0.2) is 24.7 Å². The third-order valence-electron chi connectivity index (χ3n) is 2.67. The van der Waals surface area contributed by atoms with E-state index in [4.69, 9.17) is 9.15 Å². The number of rotatable bonds is 1. The van der Waals surface area contributed by atoms with Crippen LogP contribution in [0.1, 0.15) is 11.7 Å². The minimum Gasteiger partial charge on any atom is -0.443 e. The lowest BCUT2D eigenvalue weighted by Crippen LogP contribution is -2.33.